The Labute approximate surface area is 198 Å². The summed E-state index contributed by atoms with van der Waals surface area (Å²) in [6, 6.07) is 19.7. The second-order valence-electron chi connectivity index (χ2n) is 6.88. The molecule has 0 aliphatic heterocycles. The van der Waals surface area contributed by atoms with Gasteiger partial charge >= 0.3 is 0 Å². The molecule has 0 heterocycles. The molecule has 33 heavy (non-hydrogen) atoms. The van der Waals surface area contributed by atoms with E-state index in [1.165, 1.54) is 0 Å². The highest BCUT2D eigenvalue weighted by molar-refractivity contribution is 6.30. The summed E-state index contributed by atoms with van der Waals surface area (Å²) >= 11 is 5.92. The Kier molecular flexibility index (Phi) is 8.91. The fraction of sp³-hybridized carbons (Fsp3) is 0.154. The molecule has 3 rings (SSSR count). The van der Waals surface area contributed by atoms with Crippen LogP contribution in [0.2, 0.25) is 5.02 Å². The largest absolute Gasteiger partial charge is 0.490 e. The molecular formula is C26H25ClN2O4. The van der Waals surface area contributed by atoms with E-state index in [4.69, 9.17) is 25.8 Å². The van der Waals surface area contributed by atoms with Crippen molar-refractivity contribution in [1.82, 2.24) is 5.43 Å². The molecule has 6 nitrogen and oxygen atoms in total. The number of amides is 1. The van der Waals surface area contributed by atoms with E-state index < -0.39 is 0 Å². The highest BCUT2D eigenvalue weighted by atomic mass is 35.5. The topological polar surface area (TPSA) is 69.2 Å². The smallest absolute Gasteiger partial charge is 0.271 e. The first-order chi connectivity index (χ1) is 16.1. The third kappa shape index (κ3) is 7.40. The molecule has 0 atom stereocenters. The van der Waals surface area contributed by atoms with E-state index in [9.17, 15) is 4.79 Å². The zero-order valence-corrected chi connectivity index (χ0v) is 19.0. The molecule has 170 valence electrons. The number of hydrazone groups is 1. The molecule has 0 aromatic heterocycles. The zero-order valence-electron chi connectivity index (χ0n) is 18.3. The number of rotatable bonds is 11. The van der Waals surface area contributed by atoms with E-state index in [1.807, 2.05) is 49.4 Å². The molecule has 3 aromatic rings. The summed E-state index contributed by atoms with van der Waals surface area (Å²) in [7, 11) is 0. The van der Waals surface area contributed by atoms with Crippen LogP contribution in [0.5, 0.6) is 17.2 Å². The van der Waals surface area contributed by atoms with Crippen molar-refractivity contribution in [3.8, 4) is 17.2 Å². The fourth-order valence-electron chi connectivity index (χ4n) is 2.82. The van der Waals surface area contributed by atoms with Gasteiger partial charge in [0.05, 0.1) is 12.8 Å². The minimum Gasteiger partial charge on any atom is -0.490 e. The lowest BCUT2D eigenvalue weighted by Crippen LogP contribution is -2.17. The van der Waals surface area contributed by atoms with E-state index >= 15 is 0 Å². The van der Waals surface area contributed by atoms with Crippen LogP contribution in [0.4, 0.5) is 0 Å². The van der Waals surface area contributed by atoms with E-state index in [2.05, 4.69) is 17.1 Å². The number of ether oxygens (including phenoxy) is 3. The van der Waals surface area contributed by atoms with Crippen molar-refractivity contribution in [2.24, 2.45) is 5.10 Å². The van der Waals surface area contributed by atoms with Crippen LogP contribution >= 0.6 is 11.6 Å². The predicted octanol–water partition coefficient (Wildman–Crippen LogP) is 5.65. The standard InChI is InChI=1S/C26H25ClN2O4/c1-3-15-32-23-12-8-21(9-13-23)26(30)29-28-17-20-7-14-24(25(16-20)31-4-2)33-18-19-5-10-22(27)11-6-19/h3,5-14,16-17H,1,4,15,18H2,2H3,(H,29,30). The summed E-state index contributed by atoms with van der Waals surface area (Å²) in [5.74, 6) is 1.55. The van der Waals surface area contributed by atoms with Gasteiger partial charge in [0.1, 0.15) is 19.0 Å². The monoisotopic (exact) mass is 464 g/mol. The minimum absolute atomic E-state index is 0.325. The lowest BCUT2D eigenvalue weighted by Gasteiger charge is -2.12. The van der Waals surface area contributed by atoms with Crippen molar-refractivity contribution >= 4 is 23.7 Å². The average Bonchev–Trinajstić information content (AvgIpc) is 2.83. The van der Waals surface area contributed by atoms with E-state index in [0.29, 0.717) is 47.7 Å². The van der Waals surface area contributed by atoms with Gasteiger partial charge in [-0.1, -0.05) is 36.4 Å². The van der Waals surface area contributed by atoms with Gasteiger partial charge in [-0.3, -0.25) is 4.79 Å². The van der Waals surface area contributed by atoms with Gasteiger partial charge in [-0.2, -0.15) is 5.10 Å². The summed E-state index contributed by atoms with van der Waals surface area (Å²) in [5, 5.41) is 4.72. The number of benzene rings is 3. The average molecular weight is 465 g/mol. The van der Waals surface area contributed by atoms with Crippen molar-refractivity contribution in [3.05, 3.63) is 101 Å². The van der Waals surface area contributed by atoms with Gasteiger partial charge < -0.3 is 14.2 Å². The maximum absolute atomic E-state index is 12.3. The van der Waals surface area contributed by atoms with Crippen LogP contribution in [0.1, 0.15) is 28.4 Å². The first kappa shape index (κ1) is 23.9. The number of carbonyl (C=O) groups is 1. The van der Waals surface area contributed by atoms with Gasteiger partial charge in [-0.15, -0.1) is 0 Å². The molecule has 0 saturated carbocycles. The Morgan fingerprint density at radius 1 is 1.00 bits per heavy atom. The van der Waals surface area contributed by atoms with Crippen LogP contribution in [0.15, 0.2) is 84.5 Å². The molecule has 0 aliphatic carbocycles. The molecule has 0 spiro atoms. The lowest BCUT2D eigenvalue weighted by molar-refractivity contribution is 0.0955. The van der Waals surface area contributed by atoms with Crippen molar-refractivity contribution in [2.45, 2.75) is 13.5 Å². The number of hydrogen-bond acceptors (Lipinski definition) is 5. The number of hydrogen-bond donors (Lipinski definition) is 1. The molecule has 0 aliphatic rings. The molecule has 0 bridgehead atoms. The molecular weight excluding hydrogens is 440 g/mol. The van der Waals surface area contributed by atoms with Crippen molar-refractivity contribution < 1.29 is 19.0 Å². The van der Waals surface area contributed by atoms with E-state index in [1.54, 1.807) is 36.6 Å². The van der Waals surface area contributed by atoms with Crippen LogP contribution < -0.4 is 19.6 Å². The number of nitrogens with one attached hydrogen (secondary N) is 1. The SMILES string of the molecule is C=CCOc1ccc(C(=O)NN=Cc2ccc(OCc3ccc(Cl)cc3)c(OCC)c2)cc1. The zero-order chi connectivity index (χ0) is 23.5. The maximum Gasteiger partial charge on any atom is 0.271 e. The van der Waals surface area contributed by atoms with Gasteiger partial charge in [0.15, 0.2) is 11.5 Å². The molecule has 0 saturated heterocycles. The Balaban J connectivity index is 1.60. The minimum atomic E-state index is -0.325. The van der Waals surface area contributed by atoms with Crippen LogP contribution in [0.3, 0.4) is 0 Å². The Morgan fingerprint density at radius 3 is 2.45 bits per heavy atom. The number of carbonyl (C=O) groups excluding carboxylic acids is 1. The van der Waals surface area contributed by atoms with Crippen molar-refractivity contribution in [1.29, 1.82) is 0 Å². The summed E-state index contributed by atoms with van der Waals surface area (Å²) in [5.41, 5.74) is 4.74. The molecule has 1 N–H and O–H groups in total. The molecule has 7 heteroatoms. The molecule has 1 amide bonds. The highest BCUT2D eigenvalue weighted by Gasteiger charge is 2.08. The van der Waals surface area contributed by atoms with Crippen LogP contribution in [0, 0.1) is 0 Å². The lowest BCUT2D eigenvalue weighted by atomic mass is 10.2. The van der Waals surface area contributed by atoms with Crippen molar-refractivity contribution in [3.63, 3.8) is 0 Å². The summed E-state index contributed by atoms with van der Waals surface area (Å²) < 4.78 is 17.0. The predicted molar refractivity (Wildman–Crippen MR) is 131 cm³/mol. The van der Waals surface area contributed by atoms with Crippen molar-refractivity contribution in [2.75, 3.05) is 13.2 Å². The Bertz CT molecular complexity index is 1100. The maximum atomic E-state index is 12.3. The van der Waals surface area contributed by atoms with Gasteiger partial charge in [-0.05, 0) is 72.6 Å². The molecule has 3 aromatic carbocycles. The van der Waals surface area contributed by atoms with Gasteiger partial charge in [0.2, 0.25) is 0 Å². The normalized spacial score (nSPS) is 10.6. The van der Waals surface area contributed by atoms with Crippen LogP contribution in [-0.2, 0) is 6.61 Å². The van der Waals surface area contributed by atoms with Crippen LogP contribution in [0.25, 0.3) is 0 Å². The summed E-state index contributed by atoms with van der Waals surface area (Å²) in [6.07, 6.45) is 3.20. The second kappa shape index (κ2) is 12.3. The highest BCUT2D eigenvalue weighted by Crippen LogP contribution is 2.29. The Hall–Kier alpha value is -3.77. The first-order valence-electron chi connectivity index (χ1n) is 10.4. The van der Waals surface area contributed by atoms with Gasteiger partial charge in [-0.25, -0.2) is 5.43 Å². The summed E-state index contributed by atoms with van der Waals surface area (Å²) in [4.78, 5) is 12.3. The van der Waals surface area contributed by atoms with E-state index in [0.717, 1.165) is 11.1 Å². The summed E-state index contributed by atoms with van der Waals surface area (Å²) in [6.45, 7) is 6.78. The molecule has 0 fully saturated rings. The number of nitrogens with zero attached hydrogens (tertiary/aromatic N) is 1. The fourth-order valence-corrected chi connectivity index (χ4v) is 2.95. The second-order valence-corrected chi connectivity index (χ2v) is 7.31. The van der Waals surface area contributed by atoms with Gasteiger partial charge in [0, 0.05) is 10.6 Å². The quantitative estimate of drug-likeness (QED) is 0.226. The molecule has 0 radical (unpaired) electrons. The first-order valence-corrected chi connectivity index (χ1v) is 10.8. The van der Waals surface area contributed by atoms with Gasteiger partial charge in [0.25, 0.3) is 5.91 Å². The van der Waals surface area contributed by atoms with E-state index in [-0.39, 0.29) is 5.91 Å². The Morgan fingerprint density at radius 2 is 1.76 bits per heavy atom. The number of halogens is 1. The van der Waals surface area contributed by atoms with Crippen LogP contribution in [-0.4, -0.2) is 25.3 Å². The molecule has 0 unspecified atom stereocenters. The third-order valence-electron chi connectivity index (χ3n) is 4.44. The third-order valence-corrected chi connectivity index (χ3v) is 4.69.